The van der Waals surface area contributed by atoms with E-state index in [-0.39, 0.29) is 17.2 Å². The molecule has 0 aliphatic carbocycles. The van der Waals surface area contributed by atoms with Crippen molar-refractivity contribution in [1.82, 2.24) is 5.16 Å². The molecule has 1 saturated heterocycles. The first-order chi connectivity index (χ1) is 15.0. The first-order valence-corrected chi connectivity index (χ1v) is 10.0. The highest BCUT2D eigenvalue weighted by Crippen LogP contribution is 2.41. The predicted octanol–water partition coefficient (Wildman–Crippen LogP) is 4.40. The number of carbonyl (C=O) groups is 2. The van der Waals surface area contributed by atoms with E-state index in [1.165, 1.54) is 4.90 Å². The first-order valence-electron chi connectivity index (χ1n) is 10.0. The number of ketones is 1. The van der Waals surface area contributed by atoms with Gasteiger partial charge in [-0.05, 0) is 43.2 Å². The normalized spacial score (nSPS) is 17.9. The Balaban J connectivity index is 1.82. The summed E-state index contributed by atoms with van der Waals surface area (Å²) in [6.45, 7) is 4.30. The largest absolute Gasteiger partial charge is 0.507 e. The molecule has 7 heteroatoms. The zero-order chi connectivity index (χ0) is 22.0. The molecule has 31 heavy (non-hydrogen) atoms. The van der Waals surface area contributed by atoms with Crippen LogP contribution in [0.4, 0.5) is 5.82 Å². The Morgan fingerprint density at radius 1 is 1.13 bits per heavy atom. The molecule has 0 saturated carbocycles. The van der Waals surface area contributed by atoms with Gasteiger partial charge in [0.05, 0.1) is 18.2 Å². The lowest BCUT2D eigenvalue weighted by Crippen LogP contribution is -2.29. The lowest BCUT2D eigenvalue weighted by atomic mass is 9.95. The van der Waals surface area contributed by atoms with Crippen molar-refractivity contribution >= 4 is 23.3 Å². The highest BCUT2D eigenvalue weighted by molar-refractivity contribution is 6.51. The summed E-state index contributed by atoms with van der Waals surface area (Å²) < 4.78 is 10.7. The minimum atomic E-state index is -0.832. The van der Waals surface area contributed by atoms with Gasteiger partial charge in [0.25, 0.3) is 5.78 Å². The van der Waals surface area contributed by atoms with E-state index in [1.807, 2.05) is 25.1 Å². The van der Waals surface area contributed by atoms with Gasteiger partial charge in [-0.25, -0.2) is 0 Å². The van der Waals surface area contributed by atoms with E-state index in [0.717, 1.165) is 6.42 Å². The van der Waals surface area contributed by atoms with E-state index in [0.29, 0.717) is 29.2 Å². The fraction of sp³-hybridized carbons (Fsp3) is 0.208. The van der Waals surface area contributed by atoms with Gasteiger partial charge in [-0.3, -0.25) is 14.5 Å². The number of rotatable bonds is 6. The molecule has 1 aromatic heterocycles. The quantitative estimate of drug-likeness (QED) is 0.362. The molecular formula is C24H22N2O5. The van der Waals surface area contributed by atoms with Crippen LogP contribution < -0.4 is 9.64 Å². The van der Waals surface area contributed by atoms with Gasteiger partial charge in [0, 0.05) is 11.6 Å². The molecule has 1 atom stereocenters. The molecule has 1 aliphatic rings. The average Bonchev–Trinajstić information content (AvgIpc) is 3.33. The smallest absolute Gasteiger partial charge is 0.301 e. The van der Waals surface area contributed by atoms with Crippen LogP contribution in [0.5, 0.6) is 5.75 Å². The van der Waals surface area contributed by atoms with Crippen LogP contribution in [-0.2, 0) is 9.59 Å². The summed E-state index contributed by atoms with van der Waals surface area (Å²) in [5.74, 6) is -0.416. The third-order valence-corrected chi connectivity index (χ3v) is 5.02. The Hall–Kier alpha value is -3.87. The van der Waals surface area contributed by atoms with Gasteiger partial charge in [0.2, 0.25) is 0 Å². The number of hydrogen-bond acceptors (Lipinski definition) is 6. The van der Waals surface area contributed by atoms with Crippen LogP contribution in [0.1, 0.15) is 36.3 Å². The van der Waals surface area contributed by atoms with Gasteiger partial charge >= 0.3 is 5.91 Å². The standard InChI is InChI=1S/C24H22N2O5/c1-3-13-30-18-11-9-17(10-12-18)22(27)20-21(16-7-5-4-6-8-16)26(24(29)23(20)28)19-14-15(2)31-25-19/h4-12,14,21,27H,3,13H2,1-2H3/b22-20-. The van der Waals surface area contributed by atoms with E-state index < -0.39 is 17.7 Å². The second-order valence-electron chi connectivity index (χ2n) is 7.25. The molecular weight excluding hydrogens is 396 g/mol. The SMILES string of the molecule is CCCOc1ccc(/C(O)=C2/C(=O)C(=O)N(c3cc(C)on3)C2c2ccccc2)cc1. The van der Waals surface area contributed by atoms with Crippen molar-refractivity contribution in [3.05, 3.63) is 83.1 Å². The Bertz CT molecular complexity index is 1130. The predicted molar refractivity (Wildman–Crippen MR) is 115 cm³/mol. The molecule has 1 aliphatic heterocycles. The number of hydrogen-bond donors (Lipinski definition) is 1. The van der Waals surface area contributed by atoms with Crippen molar-refractivity contribution in [2.24, 2.45) is 0 Å². The minimum Gasteiger partial charge on any atom is -0.507 e. The summed E-state index contributed by atoms with van der Waals surface area (Å²) in [5, 5.41) is 15.0. The number of nitrogens with zero attached hydrogens (tertiary/aromatic N) is 2. The Morgan fingerprint density at radius 2 is 1.84 bits per heavy atom. The van der Waals surface area contributed by atoms with E-state index in [4.69, 9.17) is 9.26 Å². The maximum atomic E-state index is 13.0. The van der Waals surface area contributed by atoms with E-state index in [2.05, 4.69) is 5.16 Å². The molecule has 1 unspecified atom stereocenters. The molecule has 0 spiro atoms. The van der Waals surface area contributed by atoms with Gasteiger partial charge in [0.1, 0.15) is 17.3 Å². The fourth-order valence-corrected chi connectivity index (χ4v) is 3.57. The number of Topliss-reactive ketones (excluding diaryl/α,β-unsaturated/α-hetero) is 1. The van der Waals surface area contributed by atoms with Crippen molar-refractivity contribution in [2.75, 3.05) is 11.5 Å². The van der Waals surface area contributed by atoms with Gasteiger partial charge in [-0.1, -0.05) is 42.4 Å². The van der Waals surface area contributed by atoms with Gasteiger partial charge < -0.3 is 14.4 Å². The molecule has 4 rings (SSSR count). The number of benzene rings is 2. The number of ether oxygens (including phenoxy) is 1. The summed E-state index contributed by atoms with van der Waals surface area (Å²) in [6.07, 6.45) is 0.879. The van der Waals surface area contributed by atoms with Crippen LogP contribution in [0.3, 0.4) is 0 Å². The summed E-state index contributed by atoms with van der Waals surface area (Å²) in [7, 11) is 0. The van der Waals surface area contributed by atoms with E-state index in [1.54, 1.807) is 49.4 Å². The van der Waals surface area contributed by atoms with Crippen molar-refractivity contribution in [1.29, 1.82) is 0 Å². The molecule has 3 aromatic rings. The van der Waals surface area contributed by atoms with Gasteiger partial charge in [-0.2, -0.15) is 0 Å². The fourth-order valence-electron chi connectivity index (χ4n) is 3.57. The minimum absolute atomic E-state index is 0.000852. The van der Waals surface area contributed by atoms with Crippen molar-refractivity contribution in [3.8, 4) is 5.75 Å². The number of anilines is 1. The molecule has 158 valence electrons. The molecule has 1 fully saturated rings. The lowest BCUT2D eigenvalue weighted by molar-refractivity contribution is -0.132. The Kier molecular flexibility index (Phi) is 5.58. The lowest BCUT2D eigenvalue weighted by Gasteiger charge is -2.22. The van der Waals surface area contributed by atoms with E-state index >= 15 is 0 Å². The van der Waals surface area contributed by atoms with Crippen LogP contribution in [0, 0.1) is 6.92 Å². The molecule has 1 N–H and O–H groups in total. The van der Waals surface area contributed by atoms with Crippen LogP contribution in [-0.4, -0.2) is 28.6 Å². The second kappa shape index (κ2) is 8.47. The number of aliphatic hydroxyl groups excluding tert-OH is 1. The molecule has 7 nitrogen and oxygen atoms in total. The summed E-state index contributed by atoms with van der Waals surface area (Å²) >= 11 is 0. The van der Waals surface area contributed by atoms with Crippen LogP contribution >= 0.6 is 0 Å². The third-order valence-electron chi connectivity index (χ3n) is 5.02. The molecule has 1 amide bonds. The number of aromatic nitrogens is 1. The van der Waals surface area contributed by atoms with Gasteiger partial charge in [0.15, 0.2) is 5.82 Å². The maximum absolute atomic E-state index is 13.0. The molecule has 0 bridgehead atoms. The highest BCUT2D eigenvalue weighted by atomic mass is 16.5. The molecule has 2 aromatic carbocycles. The summed E-state index contributed by atoms with van der Waals surface area (Å²) in [6, 6.07) is 16.6. The molecule has 2 heterocycles. The van der Waals surface area contributed by atoms with Gasteiger partial charge in [-0.15, -0.1) is 0 Å². The zero-order valence-corrected chi connectivity index (χ0v) is 17.2. The van der Waals surface area contributed by atoms with Crippen LogP contribution in [0.2, 0.25) is 0 Å². The zero-order valence-electron chi connectivity index (χ0n) is 17.2. The van der Waals surface area contributed by atoms with Crippen molar-refractivity contribution < 1.29 is 24.0 Å². The molecule has 0 radical (unpaired) electrons. The summed E-state index contributed by atoms with van der Waals surface area (Å²) in [5.41, 5.74) is 1.09. The van der Waals surface area contributed by atoms with Crippen molar-refractivity contribution in [2.45, 2.75) is 26.3 Å². The topological polar surface area (TPSA) is 92.9 Å². The second-order valence-corrected chi connectivity index (χ2v) is 7.25. The maximum Gasteiger partial charge on any atom is 0.301 e. The first kappa shape index (κ1) is 20.4. The number of carbonyl (C=O) groups excluding carboxylic acids is 2. The monoisotopic (exact) mass is 418 g/mol. The van der Waals surface area contributed by atoms with Crippen LogP contribution in [0.25, 0.3) is 5.76 Å². The average molecular weight is 418 g/mol. The van der Waals surface area contributed by atoms with E-state index in [9.17, 15) is 14.7 Å². The Labute approximate surface area is 179 Å². The number of aryl methyl sites for hydroxylation is 1. The summed E-state index contributed by atoms with van der Waals surface area (Å²) in [4.78, 5) is 27.2. The third kappa shape index (κ3) is 3.82. The number of aliphatic hydroxyl groups is 1. The van der Waals surface area contributed by atoms with Crippen LogP contribution in [0.15, 0.2) is 70.8 Å². The Morgan fingerprint density at radius 3 is 2.45 bits per heavy atom. The highest BCUT2D eigenvalue weighted by Gasteiger charge is 2.48. The van der Waals surface area contributed by atoms with Crippen molar-refractivity contribution in [3.63, 3.8) is 0 Å². The number of amides is 1.